The largest absolute Gasteiger partial charge is 0.379 e. The summed E-state index contributed by atoms with van der Waals surface area (Å²) in [6.45, 7) is 7.30. The topological polar surface area (TPSA) is 64.1 Å². The third-order valence-corrected chi connectivity index (χ3v) is 4.03. The third-order valence-electron chi connectivity index (χ3n) is 4.03. The van der Waals surface area contributed by atoms with E-state index < -0.39 is 0 Å². The summed E-state index contributed by atoms with van der Waals surface area (Å²) in [7, 11) is 1.78. The number of rotatable bonds is 10. The molecule has 0 aliphatic carbocycles. The molecule has 1 heterocycles. The molecule has 0 aromatic heterocycles. The van der Waals surface area contributed by atoms with Crippen LogP contribution in [0.1, 0.15) is 30.9 Å². The molecular weight excluding hydrogens is 445 g/mol. The lowest BCUT2D eigenvalue weighted by Crippen LogP contribution is -2.37. The molecule has 1 aromatic carbocycles. The predicted octanol–water partition coefficient (Wildman–Crippen LogP) is 2.70. The molecule has 0 amide bonds. The molecule has 7 heteroatoms. The number of ether oxygens (including phenoxy) is 3. The fourth-order valence-electron chi connectivity index (χ4n) is 2.55. The van der Waals surface area contributed by atoms with Crippen molar-refractivity contribution >= 4 is 29.9 Å². The van der Waals surface area contributed by atoms with Crippen LogP contribution in [0, 0.1) is 0 Å². The van der Waals surface area contributed by atoms with E-state index in [1.54, 1.807) is 7.05 Å². The van der Waals surface area contributed by atoms with Gasteiger partial charge in [-0.2, -0.15) is 0 Å². The van der Waals surface area contributed by atoms with Crippen LogP contribution in [0.3, 0.4) is 0 Å². The summed E-state index contributed by atoms with van der Waals surface area (Å²) < 4.78 is 16.5. The molecule has 0 bridgehead atoms. The van der Waals surface area contributed by atoms with Crippen molar-refractivity contribution in [1.82, 2.24) is 10.6 Å². The van der Waals surface area contributed by atoms with Gasteiger partial charge in [0.25, 0.3) is 0 Å². The number of halogens is 1. The van der Waals surface area contributed by atoms with Crippen LogP contribution in [0.4, 0.5) is 0 Å². The first-order chi connectivity index (χ1) is 12.3. The van der Waals surface area contributed by atoms with Crippen molar-refractivity contribution in [3.63, 3.8) is 0 Å². The first-order valence-electron chi connectivity index (χ1n) is 9.11. The highest BCUT2D eigenvalue weighted by Gasteiger charge is 2.15. The van der Waals surface area contributed by atoms with Crippen LogP contribution < -0.4 is 10.6 Å². The monoisotopic (exact) mass is 477 g/mol. The lowest BCUT2D eigenvalue weighted by atomic mass is 10.1. The molecule has 2 N–H and O–H groups in total. The normalized spacial score (nSPS) is 17.0. The SMILES string of the molecule is CCOCc1ccc(CNC(=NC)NCCCOC2CCOC2)cc1.I. The van der Waals surface area contributed by atoms with Crippen LogP contribution in [-0.2, 0) is 27.4 Å². The Kier molecular flexibility index (Phi) is 12.6. The number of benzene rings is 1. The average Bonchev–Trinajstić information content (AvgIpc) is 3.16. The molecule has 0 saturated carbocycles. The van der Waals surface area contributed by atoms with Gasteiger partial charge in [-0.3, -0.25) is 4.99 Å². The Labute approximate surface area is 174 Å². The van der Waals surface area contributed by atoms with Gasteiger partial charge in [0.2, 0.25) is 0 Å². The van der Waals surface area contributed by atoms with Crippen LogP contribution in [0.2, 0.25) is 0 Å². The highest BCUT2D eigenvalue weighted by molar-refractivity contribution is 14.0. The van der Waals surface area contributed by atoms with E-state index in [0.29, 0.717) is 6.61 Å². The summed E-state index contributed by atoms with van der Waals surface area (Å²) in [5.74, 6) is 0.808. The third kappa shape index (κ3) is 9.16. The number of aliphatic imine (C=N–C) groups is 1. The molecule has 0 spiro atoms. The van der Waals surface area contributed by atoms with Gasteiger partial charge in [-0.05, 0) is 30.9 Å². The number of guanidine groups is 1. The zero-order valence-electron chi connectivity index (χ0n) is 15.8. The van der Waals surface area contributed by atoms with Crippen molar-refractivity contribution in [3.8, 4) is 0 Å². The molecule has 1 atom stereocenters. The summed E-state index contributed by atoms with van der Waals surface area (Å²) in [5, 5.41) is 6.64. The molecule has 1 aliphatic rings. The lowest BCUT2D eigenvalue weighted by molar-refractivity contribution is 0.0420. The standard InChI is InChI=1S/C19H31N3O3.HI/c1-3-23-14-17-7-5-16(6-8-17)13-22-19(20-2)21-10-4-11-25-18-9-12-24-15-18;/h5-8,18H,3-4,9-15H2,1-2H3,(H2,20,21,22);1H. The highest BCUT2D eigenvalue weighted by atomic mass is 127. The van der Waals surface area contributed by atoms with E-state index in [4.69, 9.17) is 14.2 Å². The minimum atomic E-state index is 0. The highest BCUT2D eigenvalue weighted by Crippen LogP contribution is 2.08. The molecule has 26 heavy (non-hydrogen) atoms. The molecule has 1 aromatic rings. The summed E-state index contributed by atoms with van der Waals surface area (Å²) in [5.41, 5.74) is 2.41. The summed E-state index contributed by atoms with van der Waals surface area (Å²) >= 11 is 0. The Morgan fingerprint density at radius 1 is 1.23 bits per heavy atom. The van der Waals surface area contributed by atoms with Crippen molar-refractivity contribution in [2.45, 2.75) is 39.0 Å². The van der Waals surface area contributed by atoms with E-state index in [2.05, 4.69) is 39.9 Å². The second-order valence-corrected chi connectivity index (χ2v) is 6.02. The summed E-state index contributed by atoms with van der Waals surface area (Å²) in [6, 6.07) is 8.44. The molecule has 0 radical (unpaired) electrons. The van der Waals surface area contributed by atoms with Crippen LogP contribution in [0.25, 0.3) is 0 Å². The van der Waals surface area contributed by atoms with Crippen LogP contribution in [0.5, 0.6) is 0 Å². The first-order valence-corrected chi connectivity index (χ1v) is 9.11. The fourth-order valence-corrected chi connectivity index (χ4v) is 2.55. The van der Waals surface area contributed by atoms with Crippen molar-refractivity contribution in [1.29, 1.82) is 0 Å². The van der Waals surface area contributed by atoms with Gasteiger partial charge in [0.05, 0.1) is 19.3 Å². The maximum Gasteiger partial charge on any atom is 0.191 e. The molecule has 1 fully saturated rings. The zero-order chi connectivity index (χ0) is 17.7. The number of nitrogens with one attached hydrogen (secondary N) is 2. The second kappa shape index (κ2) is 14.2. The van der Waals surface area contributed by atoms with E-state index in [9.17, 15) is 0 Å². The molecule has 1 aliphatic heterocycles. The lowest BCUT2D eigenvalue weighted by Gasteiger charge is -2.13. The smallest absolute Gasteiger partial charge is 0.191 e. The Morgan fingerprint density at radius 2 is 2.00 bits per heavy atom. The Bertz CT molecular complexity index is 505. The fraction of sp³-hybridized carbons (Fsp3) is 0.632. The van der Waals surface area contributed by atoms with Gasteiger partial charge in [0, 0.05) is 40.0 Å². The minimum absolute atomic E-state index is 0. The van der Waals surface area contributed by atoms with Gasteiger partial charge in [-0.25, -0.2) is 0 Å². The molecule has 2 rings (SSSR count). The molecule has 1 saturated heterocycles. The summed E-state index contributed by atoms with van der Waals surface area (Å²) in [4.78, 5) is 4.25. The van der Waals surface area contributed by atoms with Crippen molar-refractivity contribution in [2.75, 3.05) is 40.0 Å². The van der Waals surface area contributed by atoms with Gasteiger partial charge in [0.15, 0.2) is 5.96 Å². The van der Waals surface area contributed by atoms with E-state index >= 15 is 0 Å². The summed E-state index contributed by atoms with van der Waals surface area (Å²) in [6.07, 6.45) is 2.24. The van der Waals surface area contributed by atoms with E-state index in [1.165, 1.54) is 11.1 Å². The van der Waals surface area contributed by atoms with Gasteiger partial charge < -0.3 is 24.8 Å². The minimum Gasteiger partial charge on any atom is -0.379 e. The second-order valence-electron chi connectivity index (χ2n) is 6.02. The Morgan fingerprint density at radius 3 is 2.65 bits per heavy atom. The van der Waals surface area contributed by atoms with Crippen LogP contribution in [-0.4, -0.2) is 52.1 Å². The van der Waals surface area contributed by atoms with E-state index in [0.717, 1.165) is 58.3 Å². The zero-order valence-corrected chi connectivity index (χ0v) is 18.2. The molecular formula is C19H32IN3O3. The van der Waals surface area contributed by atoms with E-state index in [1.807, 2.05) is 6.92 Å². The molecule has 148 valence electrons. The molecule has 1 unspecified atom stereocenters. The van der Waals surface area contributed by atoms with Gasteiger partial charge in [-0.1, -0.05) is 24.3 Å². The van der Waals surface area contributed by atoms with Gasteiger partial charge in [0.1, 0.15) is 0 Å². The number of hydrogen-bond donors (Lipinski definition) is 2. The van der Waals surface area contributed by atoms with Crippen molar-refractivity contribution in [3.05, 3.63) is 35.4 Å². The van der Waals surface area contributed by atoms with Crippen LogP contribution >= 0.6 is 24.0 Å². The number of hydrogen-bond acceptors (Lipinski definition) is 4. The van der Waals surface area contributed by atoms with Gasteiger partial charge >= 0.3 is 0 Å². The Hall–Kier alpha value is -0.900. The Balaban J connectivity index is 0.00000338. The maximum absolute atomic E-state index is 5.75. The quantitative estimate of drug-likeness (QED) is 0.235. The first kappa shape index (κ1) is 23.1. The maximum atomic E-state index is 5.75. The van der Waals surface area contributed by atoms with Crippen molar-refractivity contribution in [2.24, 2.45) is 4.99 Å². The van der Waals surface area contributed by atoms with Crippen LogP contribution in [0.15, 0.2) is 29.3 Å². The molecule has 6 nitrogen and oxygen atoms in total. The van der Waals surface area contributed by atoms with Crippen molar-refractivity contribution < 1.29 is 14.2 Å². The number of nitrogens with zero attached hydrogens (tertiary/aromatic N) is 1. The van der Waals surface area contributed by atoms with Gasteiger partial charge in [-0.15, -0.1) is 24.0 Å². The average molecular weight is 477 g/mol. The predicted molar refractivity (Wildman–Crippen MR) is 115 cm³/mol. The van der Waals surface area contributed by atoms with E-state index in [-0.39, 0.29) is 30.1 Å².